The molecular weight excluding hydrogens is 337 g/mol. The molecule has 0 bridgehead atoms. The number of aliphatic hydroxyl groups excluding tert-OH is 1. The summed E-state index contributed by atoms with van der Waals surface area (Å²) in [5, 5.41) is 10.2. The molecule has 1 N–H and O–H groups in total. The van der Waals surface area contributed by atoms with Crippen LogP contribution in [0.15, 0.2) is 53.0 Å². The molecule has 1 aliphatic rings. The van der Waals surface area contributed by atoms with Crippen molar-refractivity contribution in [2.24, 2.45) is 0 Å². The van der Waals surface area contributed by atoms with Gasteiger partial charge in [-0.2, -0.15) is 0 Å². The fourth-order valence-corrected chi connectivity index (χ4v) is 2.88. The van der Waals surface area contributed by atoms with Crippen molar-refractivity contribution in [2.45, 2.75) is 18.6 Å². The maximum absolute atomic E-state index is 13.6. The number of rotatable bonds is 2. The van der Waals surface area contributed by atoms with Gasteiger partial charge < -0.3 is 5.11 Å². The largest absolute Gasteiger partial charge is 0.373 e. The van der Waals surface area contributed by atoms with Crippen LogP contribution in [0.3, 0.4) is 0 Å². The lowest BCUT2D eigenvalue weighted by atomic mass is 9.97. The average Bonchev–Trinajstić information content (AvgIpc) is 2.78. The smallest absolute Gasteiger partial charge is 0.236 e. The maximum atomic E-state index is 13.6. The number of carbonyl (C=O) groups is 1. The van der Waals surface area contributed by atoms with Gasteiger partial charge in [0.1, 0.15) is 12.0 Å². The minimum atomic E-state index is -0.941. The maximum Gasteiger partial charge on any atom is 0.236 e. The van der Waals surface area contributed by atoms with Gasteiger partial charge >= 0.3 is 0 Å². The second kappa shape index (κ2) is 5.58. The quantitative estimate of drug-likeness (QED) is 0.902. The summed E-state index contributed by atoms with van der Waals surface area (Å²) in [5.74, 6) is -1.07. The van der Waals surface area contributed by atoms with Gasteiger partial charge in [0.25, 0.3) is 0 Å². The number of hydrogen-bond donors (Lipinski definition) is 1. The number of anilines is 1. The molecule has 0 aliphatic carbocycles. The molecule has 2 aromatic carbocycles. The Bertz CT molecular complexity index is 677. The highest BCUT2D eigenvalue weighted by Gasteiger charge is 2.40. The highest BCUT2D eigenvalue weighted by Crippen LogP contribution is 2.36. The first-order valence-corrected chi connectivity index (χ1v) is 7.38. The molecule has 0 spiro atoms. The summed E-state index contributed by atoms with van der Waals surface area (Å²) in [7, 11) is 0. The van der Waals surface area contributed by atoms with E-state index >= 15 is 0 Å². The molecule has 108 valence electrons. The third-order valence-corrected chi connectivity index (χ3v) is 4.31. The first-order valence-electron chi connectivity index (χ1n) is 6.59. The third kappa shape index (κ3) is 2.59. The number of amides is 1. The van der Waals surface area contributed by atoms with E-state index in [1.54, 1.807) is 6.07 Å². The second-order valence-electron chi connectivity index (χ2n) is 4.99. The minimum Gasteiger partial charge on any atom is -0.373 e. The first kappa shape index (κ1) is 14.2. The zero-order chi connectivity index (χ0) is 15.0. The topological polar surface area (TPSA) is 40.5 Å². The Morgan fingerprint density at radius 1 is 1.19 bits per heavy atom. The van der Waals surface area contributed by atoms with Crippen molar-refractivity contribution in [1.82, 2.24) is 0 Å². The molecule has 2 aromatic rings. The van der Waals surface area contributed by atoms with E-state index in [0.717, 1.165) is 5.56 Å². The van der Waals surface area contributed by atoms with Gasteiger partial charge in [-0.25, -0.2) is 4.39 Å². The summed E-state index contributed by atoms with van der Waals surface area (Å²) in [4.78, 5) is 13.8. The van der Waals surface area contributed by atoms with E-state index < -0.39 is 18.0 Å². The van der Waals surface area contributed by atoms with Gasteiger partial charge in [0, 0.05) is 12.1 Å². The molecule has 5 heteroatoms. The molecule has 1 saturated heterocycles. The van der Waals surface area contributed by atoms with E-state index in [4.69, 9.17) is 0 Å². The van der Waals surface area contributed by atoms with Gasteiger partial charge in [0.05, 0.1) is 10.4 Å². The summed E-state index contributed by atoms with van der Waals surface area (Å²) in [6, 6.07) is 13.7. The number of carbonyl (C=O) groups excluding carboxylic acids is 1. The van der Waals surface area contributed by atoms with E-state index in [9.17, 15) is 14.3 Å². The molecule has 1 aliphatic heterocycles. The standard InChI is InChI=1S/C16H13BrFNO2/c17-13-7-6-11(8-14(13)18)19-15(20)9-12(16(19)21)10-4-2-1-3-5-10/h1-8,12,15,20H,9H2. The van der Waals surface area contributed by atoms with Gasteiger partial charge in [0.15, 0.2) is 0 Å². The number of hydrogen-bond acceptors (Lipinski definition) is 2. The molecule has 3 nitrogen and oxygen atoms in total. The SMILES string of the molecule is O=C1C(c2ccccc2)CC(O)N1c1ccc(Br)c(F)c1. The lowest BCUT2D eigenvalue weighted by Crippen LogP contribution is -2.33. The first-order chi connectivity index (χ1) is 10.1. The van der Waals surface area contributed by atoms with E-state index in [1.165, 1.54) is 17.0 Å². The number of halogens is 2. The molecule has 0 aromatic heterocycles. The summed E-state index contributed by atoms with van der Waals surface area (Å²) in [6.07, 6.45) is -0.635. The third-order valence-electron chi connectivity index (χ3n) is 3.66. The Hall–Kier alpha value is -1.72. The minimum absolute atomic E-state index is 0.213. The Labute approximate surface area is 130 Å². The van der Waals surface area contributed by atoms with Crippen LogP contribution < -0.4 is 4.90 Å². The molecule has 0 radical (unpaired) electrons. The van der Waals surface area contributed by atoms with Crippen LogP contribution in [0.4, 0.5) is 10.1 Å². The van der Waals surface area contributed by atoms with Crippen LogP contribution in [0.2, 0.25) is 0 Å². The average molecular weight is 350 g/mol. The summed E-state index contributed by atoms with van der Waals surface area (Å²) in [5.41, 5.74) is 1.23. The van der Waals surface area contributed by atoms with Crippen molar-refractivity contribution in [1.29, 1.82) is 0 Å². The summed E-state index contributed by atoms with van der Waals surface area (Å²) < 4.78 is 14.0. The van der Waals surface area contributed by atoms with Crippen molar-refractivity contribution in [2.75, 3.05) is 4.90 Å². The van der Waals surface area contributed by atoms with Crippen molar-refractivity contribution in [3.63, 3.8) is 0 Å². The molecule has 1 heterocycles. The van der Waals surface area contributed by atoms with E-state index in [1.807, 2.05) is 30.3 Å². The van der Waals surface area contributed by atoms with Gasteiger partial charge in [-0.05, 0) is 39.7 Å². The van der Waals surface area contributed by atoms with Gasteiger partial charge in [-0.1, -0.05) is 30.3 Å². The summed E-state index contributed by atoms with van der Waals surface area (Å²) in [6.45, 7) is 0. The van der Waals surface area contributed by atoms with Crippen LogP contribution in [0.5, 0.6) is 0 Å². The van der Waals surface area contributed by atoms with Gasteiger partial charge in [-0.15, -0.1) is 0 Å². The fourth-order valence-electron chi connectivity index (χ4n) is 2.63. The Balaban J connectivity index is 1.94. The zero-order valence-electron chi connectivity index (χ0n) is 11.0. The van der Waals surface area contributed by atoms with Crippen LogP contribution in [-0.4, -0.2) is 17.2 Å². The van der Waals surface area contributed by atoms with Crippen molar-refractivity contribution >= 4 is 27.5 Å². The second-order valence-corrected chi connectivity index (χ2v) is 5.84. The normalized spacial score (nSPS) is 21.9. The van der Waals surface area contributed by atoms with Crippen molar-refractivity contribution in [3.8, 4) is 0 Å². The predicted octanol–water partition coefficient (Wildman–Crippen LogP) is 3.43. The van der Waals surface area contributed by atoms with E-state index in [2.05, 4.69) is 15.9 Å². The highest BCUT2D eigenvalue weighted by atomic mass is 79.9. The van der Waals surface area contributed by atoms with Crippen molar-refractivity contribution < 1.29 is 14.3 Å². The molecule has 1 amide bonds. The van der Waals surface area contributed by atoms with Gasteiger partial charge in [0.2, 0.25) is 5.91 Å². The van der Waals surface area contributed by atoms with Crippen LogP contribution in [0, 0.1) is 5.82 Å². The predicted molar refractivity (Wildman–Crippen MR) is 81.4 cm³/mol. The Kier molecular flexibility index (Phi) is 3.78. The lowest BCUT2D eigenvalue weighted by molar-refractivity contribution is -0.118. The van der Waals surface area contributed by atoms with E-state index in [-0.39, 0.29) is 5.91 Å². The lowest BCUT2D eigenvalue weighted by Gasteiger charge is -2.21. The molecule has 3 rings (SSSR count). The molecule has 1 fully saturated rings. The monoisotopic (exact) mass is 349 g/mol. The zero-order valence-corrected chi connectivity index (χ0v) is 12.6. The van der Waals surface area contributed by atoms with Crippen LogP contribution in [-0.2, 0) is 4.79 Å². The van der Waals surface area contributed by atoms with Crippen LogP contribution in [0.25, 0.3) is 0 Å². The molecular formula is C16H13BrFNO2. The molecule has 21 heavy (non-hydrogen) atoms. The van der Waals surface area contributed by atoms with Gasteiger partial charge in [-0.3, -0.25) is 9.69 Å². The van der Waals surface area contributed by atoms with Crippen LogP contribution in [0.1, 0.15) is 17.9 Å². The summed E-state index contributed by atoms with van der Waals surface area (Å²) >= 11 is 3.08. The molecule has 0 saturated carbocycles. The molecule has 2 unspecified atom stereocenters. The Morgan fingerprint density at radius 3 is 2.57 bits per heavy atom. The number of nitrogens with zero attached hydrogens (tertiary/aromatic N) is 1. The number of benzene rings is 2. The fraction of sp³-hybridized carbons (Fsp3) is 0.188. The highest BCUT2D eigenvalue weighted by molar-refractivity contribution is 9.10. The van der Waals surface area contributed by atoms with E-state index in [0.29, 0.717) is 16.6 Å². The van der Waals surface area contributed by atoms with Crippen molar-refractivity contribution in [3.05, 3.63) is 64.4 Å². The van der Waals surface area contributed by atoms with Crippen LogP contribution >= 0.6 is 15.9 Å². The Morgan fingerprint density at radius 2 is 1.90 bits per heavy atom. The molecule has 2 atom stereocenters. The number of aliphatic hydroxyl groups is 1.